The first kappa shape index (κ1) is 11.1. The summed E-state index contributed by atoms with van der Waals surface area (Å²) in [5.74, 6) is 0.346. The third-order valence-corrected chi connectivity index (χ3v) is 3.09. The predicted octanol–water partition coefficient (Wildman–Crippen LogP) is 3.91. The highest BCUT2D eigenvalue weighted by Gasteiger charge is 2.12. The zero-order valence-electron chi connectivity index (χ0n) is 9.83. The lowest BCUT2D eigenvalue weighted by Gasteiger charge is -2.02. The molecular weight excluding hydrogens is 196 g/mol. The van der Waals surface area contributed by atoms with Gasteiger partial charge in [0, 0.05) is 6.42 Å². The SMILES string of the molecule is Cc1cccc(/C=C2/CCCCCC2=O)c1. The van der Waals surface area contributed by atoms with Crippen LogP contribution in [-0.4, -0.2) is 5.78 Å². The molecule has 0 aromatic heterocycles. The van der Waals surface area contributed by atoms with Crippen LogP contribution in [0.2, 0.25) is 0 Å². The lowest BCUT2D eigenvalue weighted by Crippen LogP contribution is -1.99. The van der Waals surface area contributed by atoms with Gasteiger partial charge in [-0.2, -0.15) is 0 Å². The summed E-state index contributed by atoms with van der Waals surface area (Å²) in [6, 6.07) is 8.32. The molecule has 16 heavy (non-hydrogen) atoms. The maximum absolute atomic E-state index is 11.8. The van der Waals surface area contributed by atoms with Gasteiger partial charge in [0.15, 0.2) is 5.78 Å². The second-order valence-electron chi connectivity index (χ2n) is 4.57. The van der Waals surface area contributed by atoms with E-state index in [4.69, 9.17) is 0 Å². The van der Waals surface area contributed by atoms with E-state index in [0.29, 0.717) is 5.78 Å². The maximum Gasteiger partial charge on any atom is 0.158 e. The Labute approximate surface area is 97.2 Å². The molecule has 0 N–H and O–H groups in total. The molecule has 1 heteroatoms. The fourth-order valence-electron chi connectivity index (χ4n) is 2.19. The first-order valence-corrected chi connectivity index (χ1v) is 6.06. The molecule has 0 atom stereocenters. The van der Waals surface area contributed by atoms with Crippen LogP contribution < -0.4 is 0 Å². The van der Waals surface area contributed by atoms with Gasteiger partial charge < -0.3 is 0 Å². The minimum Gasteiger partial charge on any atom is -0.295 e. The van der Waals surface area contributed by atoms with E-state index >= 15 is 0 Å². The molecule has 0 amide bonds. The molecule has 0 spiro atoms. The van der Waals surface area contributed by atoms with Crippen LogP contribution in [0.3, 0.4) is 0 Å². The van der Waals surface area contributed by atoms with Gasteiger partial charge in [0.25, 0.3) is 0 Å². The molecule has 84 valence electrons. The van der Waals surface area contributed by atoms with Crippen molar-refractivity contribution in [3.63, 3.8) is 0 Å². The van der Waals surface area contributed by atoms with E-state index < -0.39 is 0 Å². The van der Waals surface area contributed by atoms with E-state index in [-0.39, 0.29) is 0 Å². The van der Waals surface area contributed by atoms with Gasteiger partial charge in [0.1, 0.15) is 0 Å². The number of hydrogen-bond donors (Lipinski definition) is 0. The minimum absolute atomic E-state index is 0.346. The van der Waals surface area contributed by atoms with Gasteiger partial charge in [-0.05, 0) is 43.4 Å². The molecule has 1 aromatic rings. The van der Waals surface area contributed by atoms with E-state index in [2.05, 4.69) is 31.2 Å². The number of allylic oxidation sites excluding steroid dienone is 1. The van der Waals surface area contributed by atoms with Crippen molar-refractivity contribution < 1.29 is 4.79 Å². The van der Waals surface area contributed by atoms with Crippen LogP contribution in [0.5, 0.6) is 0 Å². The quantitative estimate of drug-likeness (QED) is 0.511. The van der Waals surface area contributed by atoms with Crippen LogP contribution in [-0.2, 0) is 4.79 Å². The molecule has 0 radical (unpaired) electrons. The van der Waals surface area contributed by atoms with E-state index in [1.165, 1.54) is 12.0 Å². The van der Waals surface area contributed by atoms with Crippen LogP contribution in [0.25, 0.3) is 6.08 Å². The molecule has 0 saturated heterocycles. The van der Waals surface area contributed by atoms with Crippen LogP contribution in [0.4, 0.5) is 0 Å². The minimum atomic E-state index is 0.346. The molecule has 1 aliphatic carbocycles. The summed E-state index contributed by atoms with van der Waals surface area (Å²) < 4.78 is 0. The molecule has 0 heterocycles. The van der Waals surface area contributed by atoms with Crippen molar-refractivity contribution in [2.24, 2.45) is 0 Å². The smallest absolute Gasteiger partial charge is 0.158 e. The molecule has 0 aliphatic heterocycles. The number of hydrogen-bond acceptors (Lipinski definition) is 1. The van der Waals surface area contributed by atoms with Crippen LogP contribution in [0.1, 0.15) is 43.2 Å². The summed E-state index contributed by atoms with van der Waals surface area (Å²) in [5, 5.41) is 0. The van der Waals surface area contributed by atoms with Crippen molar-refractivity contribution in [1.29, 1.82) is 0 Å². The standard InChI is InChI=1S/C15H18O/c1-12-6-5-7-13(10-12)11-14-8-3-2-4-9-15(14)16/h5-7,10-11H,2-4,8-9H2,1H3/b14-11-. The van der Waals surface area contributed by atoms with Crippen molar-refractivity contribution in [2.45, 2.75) is 39.0 Å². The number of ketones is 1. The molecule has 1 aliphatic rings. The Kier molecular flexibility index (Phi) is 3.55. The Morgan fingerprint density at radius 2 is 1.94 bits per heavy atom. The molecule has 1 fully saturated rings. The summed E-state index contributed by atoms with van der Waals surface area (Å²) >= 11 is 0. The third kappa shape index (κ3) is 2.82. The van der Waals surface area contributed by atoms with Crippen molar-refractivity contribution in [1.82, 2.24) is 0 Å². The van der Waals surface area contributed by atoms with Gasteiger partial charge in [-0.3, -0.25) is 4.79 Å². The number of carbonyl (C=O) groups excluding carboxylic acids is 1. The van der Waals surface area contributed by atoms with Crippen LogP contribution in [0.15, 0.2) is 29.8 Å². The Morgan fingerprint density at radius 3 is 2.75 bits per heavy atom. The molecule has 0 unspecified atom stereocenters. The summed E-state index contributed by atoms with van der Waals surface area (Å²) in [7, 11) is 0. The Bertz CT molecular complexity index is 415. The zero-order chi connectivity index (χ0) is 11.4. The van der Waals surface area contributed by atoms with Crippen LogP contribution in [0, 0.1) is 6.92 Å². The van der Waals surface area contributed by atoms with Gasteiger partial charge in [-0.1, -0.05) is 36.2 Å². The van der Waals surface area contributed by atoms with E-state index in [1.807, 2.05) is 6.07 Å². The van der Waals surface area contributed by atoms with Gasteiger partial charge >= 0.3 is 0 Å². The predicted molar refractivity (Wildman–Crippen MR) is 67.2 cm³/mol. The van der Waals surface area contributed by atoms with Crippen molar-refractivity contribution in [2.75, 3.05) is 0 Å². The topological polar surface area (TPSA) is 17.1 Å². The highest BCUT2D eigenvalue weighted by atomic mass is 16.1. The summed E-state index contributed by atoms with van der Waals surface area (Å²) in [6.45, 7) is 2.08. The first-order chi connectivity index (χ1) is 7.75. The lowest BCUT2D eigenvalue weighted by molar-refractivity contribution is -0.115. The number of carbonyl (C=O) groups is 1. The average molecular weight is 214 g/mol. The Hall–Kier alpha value is -1.37. The van der Waals surface area contributed by atoms with Crippen LogP contribution >= 0.6 is 0 Å². The Morgan fingerprint density at radius 1 is 1.12 bits per heavy atom. The van der Waals surface area contributed by atoms with Gasteiger partial charge in [0.05, 0.1) is 0 Å². The van der Waals surface area contributed by atoms with Crippen molar-refractivity contribution >= 4 is 11.9 Å². The molecule has 0 bridgehead atoms. The third-order valence-electron chi connectivity index (χ3n) is 3.09. The second-order valence-corrected chi connectivity index (χ2v) is 4.57. The summed E-state index contributed by atoms with van der Waals surface area (Å²) in [6.07, 6.45) is 7.16. The number of aryl methyl sites for hydroxylation is 1. The summed E-state index contributed by atoms with van der Waals surface area (Å²) in [4.78, 5) is 11.8. The first-order valence-electron chi connectivity index (χ1n) is 6.06. The summed E-state index contributed by atoms with van der Waals surface area (Å²) in [5.41, 5.74) is 3.42. The molecule has 1 saturated carbocycles. The Balaban J connectivity index is 2.24. The number of Topliss-reactive ketones (excluding diaryl/α,β-unsaturated/α-hetero) is 1. The van der Waals surface area contributed by atoms with E-state index in [0.717, 1.165) is 36.8 Å². The number of rotatable bonds is 1. The monoisotopic (exact) mass is 214 g/mol. The van der Waals surface area contributed by atoms with Gasteiger partial charge in [-0.15, -0.1) is 0 Å². The molecule has 2 rings (SSSR count). The largest absolute Gasteiger partial charge is 0.295 e. The molecule has 1 aromatic carbocycles. The van der Waals surface area contributed by atoms with Crippen molar-refractivity contribution in [3.05, 3.63) is 41.0 Å². The fourth-order valence-corrected chi connectivity index (χ4v) is 2.19. The normalized spacial score (nSPS) is 19.8. The number of benzene rings is 1. The second kappa shape index (κ2) is 5.11. The highest BCUT2D eigenvalue weighted by Crippen LogP contribution is 2.21. The van der Waals surface area contributed by atoms with E-state index in [1.54, 1.807) is 0 Å². The molecule has 1 nitrogen and oxygen atoms in total. The highest BCUT2D eigenvalue weighted by molar-refractivity contribution is 5.99. The van der Waals surface area contributed by atoms with Gasteiger partial charge in [0.2, 0.25) is 0 Å². The fraction of sp³-hybridized carbons (Fsp3) is 0.400. The van der Waals surface area contributed by atoms with Gasteiger partial charge in [-0.25, -0.2) is 0 Å². The maximum atomic E-state index is 11.8. The average Bonchev–Trinajstić information content (AvgIpc) is 2.45. The molecular formula is C15H18O. The van der Waals surface area contributed by atoms with Crippen molar-refractivity contribution in [3.8, 4) is 0 Å². The van der Waals surface area contributed by atoms with E-state index in [9.17, 15) is 4.79 Å². The zero-order valence-corrected chi connectivity index (χ0v) is 9.83. The lowest BCUT2D eigenvalue weighted by atomic mass is 10.0.